The van der Waals surface area contributed by atoms with E-state index in [4.69, 9.17) is 0 Å². The smallest absolute Gasteiger partial charge is 0.181 e. The molecule has 1 aromatic heterocycles. The van der Waals surface area contributed by atoms with Gasteiger partial charge in [0.05, 0.1) is 5.69 Å². The molecule has 0 fully saturated rings. The topological polar surface area (TPSA) is 37.2 Å². The van der Waals surface area contributed by atoms with E-state index in [0.29, 0.717) is 0 Å². The van der Waals surface area contributed by atoms with Crippen LogP contribution in [0.1, 0.15) is 27.7 Å². The third kappa shape index (κ3) is 4.13. The van der Waals surface area contributed by atoms with Gasteiger partial charge in [-0.1, -0.05) is 0 Å². The van der Waals surface area contributed by atoms with Crippen LogP contribution in [0.15, 0.2) is 54.9 Å². The average molecular weight is 364 g/mol. The second kappa shape index (κ2) is 8.71. The number of rotatable bonds is 8. The van der Waals surface area contributed by atoms with Crippen LogP contribution in [0.2, 0.25) is 0 Å². The molecule has 0 atom stereocenters. The minimum atomic E-state index is 0.744. The lowest BCUT2D eigenvalue weighted by molar-refractivity contribution is 0.859. The highest BCUT2D eigenvalue weighted by Gasteiger charge is 2.08. The van der Waals surface area contributed by atoms with Crippen molar-refractivity contribution in [3.63, 3.8) is 0 Å². The summed E-state index contributed by atoms with van der Waals surface area (Å²) in [5, 5.41) is 4.66. The van der Waals surface area contributed by atoms with E-state index in [1.807, 2.05) is 4.68 Å². The maximum Gasteiger partial charge on any atom is 0.181 e. The molecule has 5 heteroatoms. The van der Waals surface area contributed by atoms with E-state index in [1.54, 1.807) is 6.33 Å². The van der Waals surface area contributed by atoms with Gasteiger partial charge in [-0.05, 0) is 76.2 Å². The summed E-state index contributed by atoms with van der Waals surface area (Å²) >= 11 is 0. The van der Waals surface area contributed by atoms with Crippen molar-refractivity contribution in [1.29, 1.82) is 0 Å². The van der Waals surface area contributed by atoms with Crippen LogP contribution in [-0.2, 0) is 0 Å². The molecule has 0 bridgehead atoms. The fourth-order valence-electron chi connectivity index (χ4n) is 3.33. The van der Waals surface area contributed by atoms with Crippen LogP contribution in [0.4, 0.5) is 11.4 Å². The van der Waals surface area contributed by atoms with Crippen molar-refractivity contribution in [2.75, 3.05) is 36.0 Å². The van der Waals surface area contributed by atoms with Crippen LogP contribution in [0.25, 0.3) is 17.1 Å². The average Bonchev–Trinajstić information content (AvgIpc) is 3.21. The molecule has 0 aliphatic carbocycles. The Hall–Kier alpha value is -2.82. The van der Waals surface area contributed by atoms with Gasteiger partial charge in [-0.2, -0.15) is 0 Å². The zero-order valence-corrected chi connectivity index (χ0v) is 16.8. The molecule has 5 nitrogen and oxygen atoms in total. The molecule has 3 rings (SSSR count). The largest absolute Gasteiger partial charge is 0.372 e. The van der Waals surface area contributed by atoms with Gasteiger partial charge in [-0.3, -0.25) is 0 Å². The summed E-state index contributed by atoms with van der Waals surface area (Å²) in [5.74, 6) is 0.744. The molecule has 0 aliphatic heterocycles. The summed E-state index contributed by atoms with van der Waals surface area (Å²) in [7, 11) is 0. The Balaban J connectivity index is 1.78. The summed E-state index contributed by atoms with van der Waals surface area (Å²) in [6, 6.07) is 16.9. The van der Waals surface area contributed by atoms with E-state index in [2.05, 4.69) is 96.1 Å². The minimum Gasteiger partial charge on any atom is -0.372 e. The fourth-order valence-corrected chi connectivity index (χ4v) is 3.33. The Kier molecular flexibility index (Phi) is 6.12. The van der Waals surface area contributed by atoms with Gasteiger partial charge >= 0.3 is 0 Å². The van der Waals surface area contributed by atoms with Crippen LogP contribution >= 0.6 is 0 Å². The second-order valence-corrected chi connectivity index (χ2v) is 6.42. The maximum atomic E-state index is 4.66. The van der Waals surface area contributed by atoms with Crippen molar-refractivity contribution < 1.29 is 0 Å². The van der Waals surface area contributed by atoms with Crippen LogP contribution in [0.5, 0.6) is 0 Å². The molecular weight excluding hydrogens is 334 g/mol. The Morgan fingerprint density at radius 3 is 1.67 bits per heavy atom. The predicted molar refractivity (Wildman–Crippen MR) is 114 cm³/mol. The lowest BCUT2D eigenvalue weighted by Gasteiger charge is -2.21. The monoisotopic (exact) mass is 363 g/mol. The highest BCUT2D eigenvalue weighted by molar-refractivity contribution is 5.60. The number of hydrogen-bond acceptors (Lipinski definition) is 4. The van der Waals surface area contributed by atoms with Crippen LogP contribution in [0, 0.1) is 0 Å². The molecular formula is C22H29N5. The van der Waals surface area contributed by atoms with Crippen molar-refractivity contribution in [1.82, 2.24) is 14.8 Å². The van der Waals surface area contributed by atoms with E-state index >= 15 is 0 Å². The van der Waals surface area contributed by atoms with E-state index in [1.165, 1.54) is 11.4 Å². The van der Waals surface area contributed by atoms with Crippen molar-refractivity contribution in [3.05, 3.63) is 54.9 Å². The summed E-state index contributed by atoms with van der Waals surface area (Å²) in [6.07, 6.45) is 1.78. The van der Waals surface area contributed by atoms with Gasteiger partial charge in [-0.25, -0.2) is 9.67 Å². The quantitative estimate of drug-likeness (QED) is 0.585. The molecule has 0 saturated carbocycles. The van der Waals surface area contributed by atoms with E-state index in [-0.39, 0.29) is 0 Å². The Morgan fingerprint density at radius 2 is 1.19 bits per heavy atom. The van der Waals surface area contributed by atoms with Gasteiger partial charge in [0.2, 0.25) is 0 Å². The Bertz CT molecular complexity index is 758. The first kappa shape index (κ1) is 19.0. The van der Waals surface area contributed by atoms with Crippen molar-refractivity contribution in [2.24, 2.45) is 0 Å². The normalized spacial score (nSPS) is 10.8. The molecule has 0 amide bonds. The molecule has 27 heavy (non-hydrogen) atoms. The number of aromatic nitrogens is 3. The first-order chi connectivity index (χ1) is 13.2. The predicted octanol–water partition coefficient (Wildman–Crippen LogP) is 4.63. The molecule has 0 spiro atoms. The number of benzene rings is 2. The molecule has 2 aromatic carbocycles. The first-order valence-electron chi connectivity index (χ1n) is 9.82. The molecule has 142 valence electrons. The molecule has 0 N–H and O–H groups in total. The number of nitrogens with zero attached hydrogens (tertiary/aromatic N) is 5. The van der Waals surface area contributed by atoms with E-state index < -0.39 is 0 Å². The zero-order chi connectivity index (χ0) is 19.2. The van der Waals surface area contributed by atoms with Gasteiger partial charge in [0.1, 0.15) is 6.33 Å². The second-order valence-electron chi connectivity index (χ2n) is 6.42. The third-order valence-electron chi connectivity index (χ3n) is 4.99. The van der Waals surface area contributed by atoms with Crippen molar-refractivity contribution in [2.45, 2.75) is 27.7 Å². The maximum absolute atomic E-state index is 4.66. The fraction of sp³-hybridized carbons (Fsp3) is 0.364. The number of hydrogen-bond donors (Lipinski definition) is 0. The van der Waals surface area contributed by atoms with Crippen LogP contribution in [0.3, 0.4) is 0 Å². The minimum absolute atomic E-state index is 0.744. The standard InChI is InChI=1S/C22H29N5/c1-5-25(6-2)19-11-9-18(10-12-19)22-23-17-27(24-22)21-15-13-20(14-16-21)26(7-3)8-4/h9-17H,5-8H2,1-4H3. The third-order valence-corrected chi connectivity index (χ3v) is 4.99. The summed E-state index contributed by atoms with van der Waals surface area (Å²) in [5.41, 5.74) is 4.51. The van der Waals surface area contributed by atoms with Crippen LogP contribution in [-0.4, -0.2) is 40.9 Å². The van der Waals surface area contributed by atoms with Crippen molar-refractivity contribution >= 4 is 11.4 Å². The number of anilines is 2. The highest BCUT2D eigenvalue weighted by Crippen LogP contribution is 2.22. The van der Waals surface area contributed by atoms with E-state index in [0.717, 1.165) is 43.3 Å². The van der Waals surface area contributed by atoms with Gasteiger partial charge < -0.3 is 9.80 Å². The molecule has 1 heterocycles. The molecule has 0 unspecified atom stereocenters. The molecule has 0 saturated heterocycles. The van der Waals surface area contributed by atoms with Gasteiger partial charge in [-0.15, -0.1) is 5.10 Å². The Morgan fingerprint density at radius 1 is 0.704 bits per heavy atom. The first-order valence-corrected chi connectivity index (χ1v) is 9.82. The lowest BCUT2D eigenvalue weighted by Crippen LogP contribution is -2.21. The summed E-state index contributed by atoms with van der Waals surface area (Å²) in [4.78, 5) is 9.15. The molecule has 0 radical (unpaired) electrons. The molecule has 3 aromatic rings. The van der Waals surface area contributed by atoms with Gasteiger partial charge in [0.25, 0.3) is 0 Å². The summed E-state index contributed by atoms with van der Waals surface area (Å²) in [6.45, 7) is 12.7. The highest BCUT2D eigenvalue weighted by atomic mass is 15.3. The molecule has 0 aliphatic rings. The lowest BCUT2D eigenvalue weighted by atomic mass is 10.2. The van der Waals surface area contributed by atoms with Crippen molar-refractivity contribution in [3.8, 4) is 17.1 Å². The Labute approximate surface area is 162 Å². The SMILES string of the molecule is CCN(CC)c1ccc(-c2ncn(-c3ccc(N(CC)CC)cc3)n2)cc1. The summed E-state index contributed by atoms with van der Waals surface area (Å²) < 4.78 is 1.83. The van der Waals surface area contributed by atoms with Gasteiger partial charge in [0, 0.05) is 43.1 Å². The van der Waals surface area contributed by atoms with E-state index in [9.17, 15) is 0 Å². The van der Waals surface area contributed by atoms with Crippen LogP contribution < -0.4 is 9.80 Å². The van der Waals surface area contributed by atoms with Gasteiger partial charge in [0.15, 0.2) is 5.82 Å². The zero-order valence-electron chi connectivity index (χ0n) is 16.8.